The summed E-state index contributed by atoms with van der Waals surface area (Å²) in [6.07, 6.45) is 5.12. The number of aromatic nitrogens is 3. The van der Waals surface area contributed by atoms with E-state index in [9.17, 15) is 10.1 Å². The molecule has 0 atom stereocenters. The molecular weight excluding hydrogens is 294 g/mol. The van der Waals surface area contributed by atoms with Crippen LogP contribution in [0.15, 0.2) is 61.1 Å². The van der Waals surface area contributed by atoms with E-state index in [2.05, 4.69) is 15.3 Å². The van der Waals surface area contributed by atoms with Gasteiger partial charge >= 0.3 is 5.69 Å². The SMILES string of the molecule is O=[N+]([O-])c1cccnc1NCc1nccn1Cc1ccccc1. The van der Waals surface area contributed by atoms with Crippen LogP contribution in [-0.4, -0.2) is 19.5 Å². The molecule has 0 spiro atoms. The molecule has 0 radical (unpaired) electrons. The van der Waals surface area contributed by atoms with Crippen molar-refractivity contribution in [2.75, 3.05) is 5.32 Å². The van der Waals surface area contributed by atoms with Crippen molar-refractivity contribution < 1.29 is 4.92 Å². The monoisotopic (exact) mass is 309 g/mol. The fraction of sp³-hybridized carbons (Fsp3) is 0.125. The molecule has 0 bridgehead atoms. The molecule has 116 valence electrons. The lowest BCUT2D eigenvalue weighted by Crippen LogP contribution is -2.11. The Bertz CT molecular complexity index is 801. The second-order valence-electron chi connectivity index (χ2n) is 4.94. The number of rotatable bonds is 6. The van der Waals surface area contributed by atoms with E-state index in [0.29, 0.717) is 13.1 Å². The Kier molecular flexibility index (Phi) is 4.28. The lowest BCUT2D eigenvalue weighted by atomic mass is 10.2. The topological polar surface area (TPSA) is 85.9 Å². The Hall–Kier alpha value is -3.22. The maximum Gasteiger partial charge on any atom is 0.311 e. The molecule has 7 heteroatoms. The molecule has 1 aromatic carbocycles. The van der Waals surface area contributed by atoms with E-state index in [4.69, 9.17) is 0 Å². The number of hydrogen-bond donors (Lipinski definition) is 1. The molecule has 0 aliphatic carbocycles. The normalized spacial score (nSPS) is 10.4. The highest BCUT2D eigenvalue weighted by atomic mass is 16.6. The Morgan fingerprint density at radius 2 is 1.91 bits per heavy atom. The van der Waals surface area contributed by atoms with Crippen LogP contribution in [0.3, 0.4) is 0 Å². The third kappa shape index (κ3) is 3.52. The van der Waals surface area contributed by atoms with E-state index in [1.807, 2.05) is 41.1 Å². The number of pyridine rings is 1. The summed E-state index contributed by atoms with van der Waals surface area (Å²) in [5, 5.41) is 14.0. The highest BCUT2D eigenvalue weighted by molar-refractivity contribution is 5.54. The van der Waals surface area contributed by atoms with Gasteiger partial charge in [-0.3, -0.25) is 10.1 Å². The predicted octanol–water partition coefficient (Wildman–Crippen LogP) is 2.85. The number of nitro groups is 1. The van der Waals surface area contributed by atoms with Crippen LogP contribution in [0.5, 0.6) is 0 Å². The highest BCUT2D eigenvalue weighted by Crippen LogP contribution is 2.20. The van der Waals surface area contributed by atoms with Crippen LogP contribution in [0.4, 0.5) is 11.5 Å². The quantitative estimate of drug-likeness (QED) is 0.559. The zero-order chi connectivity index (χ0) is 16.1. The molecule has 0 aliphatic rings. The van der Waals surface area contributed by atoms with Crippen molar-refractivity contribution in [2.24, 2.45) is 0 Å². The van der Waals surface area contributed by atoms with E-state index in [0.717, 1.165) is 11.4 Å². The fourth-order valence-electron chi connectivity index (χ4n) is 2.27. The Morgan fingerprint density at radius 3 is 2.70 bits per heavy atom. The van der Waals surface area contributed by atoms with Gasteiger partial charge in [0.1, 0.15) is 5.82 Å². The molecule has 3 aromatic rings. The van der Waals surface area contributed by atoms with Gasteiger partial charge in [-0.25, -0.2) is 9.97 Å². The van der Waals surface area contributed by atoms with E-state index in [1.165, 1.54) is 12.3 Å². The number of hydrogen-bond acceptors (Lipinski definition) is 5. The average Bonchev–Trinajstić information content (AvgIpc) is 3.01. The number of anilines is 1. The van der Waals surface area contributed by atoms with Crippen molar-refractivity contribution >= 4 is 11.5 Å². The summed E-state index contributed by atoms with van der Waals surface area (Å²) in [7, 11) is 0. The average molecular weight is 309 g/mol. The molecule has 1 N–H and O–H groups in total. The third-order valence-corrected chi connectivity index (χ3v) is 3.39. The van der Waals surface area contributed by atoms with Gasteiger partial charge < -0.3 is 9.88 Å². The number of nitrogens with zero attached hydrogens (tertiary/aromatic N) is 4. The predicted molar refractivity (Wildman–Crippen MR) is 86.0 cm³/mol. The molecule has 0 fully saturated rings. The standard InChI is InChI=1S/C16H15N5O2/c22-21(23)14-7-4-8-18-16(14)19-11-15-17-9-10-20(15)12-13-5-2-1-3-6-13/h1-10H,11-12H2,(H,18,19). The third-order valence-electron chi connectivity index (χ3n) is 3.39. The molecule has 3 rings (SSSR count). The lowest BCUT2D eigenvalue weighted by molar-refractivity contribution is -0.384. The zero-order valence-corrected chi connectivity index (χ0v) is 12.3. The summed E-state index contributed by atoms with van der Waals surface area (Å²) in [6.45, 7) is 1.06. The van der Waals surface area contributed by atoms with Gasteiger partial charge in [0.05, 0.1) is 11.5 Å². The molecule has 0 unspecified atom stereocenters. The smallest absolute Gasteiger partial charge is 0.311 e. The largest absolute Gasteiger partial charge is 0.357 e. The van der Waals surface area contributed by atoms with Crippen LogP contribution in [0.25, 0.3) is 0 Å². The van der Waals surface area contributed by atoms with Gasteiger partial charge in [-0.2, -0.15) is 0 Å². The minimum Gasteiger partial charge on any atom is -0.357 e. The summed E-state index contributed by atoms with van der Waals surface area (Å²) < 4.78 is 2.00. The first-order valence-corrected chi connectivity index (χ1v) is 7.11. The van der Waals surface area contributed by atoms with Crippen molar-refractivity contribution in [1.82, 2.24) is 14.5 Å². The maximum atomic E-state index is 11.0. The van der Waals surface area contributed by atoms with Crippen molar-refractivity contribution in [3.05, 3.63) is 82.6 Å². The summed E-state index contributed by atoms with van der Waals surface area (Å²) >= 11 is 0. The molecule has 0 saturated heterocycles. The van der Waals surface area contributed by atoms with Gasteiger partial charge in [-0.15, -0.1) is 0 Å². The number of nitrogens with one attached hydrogen (secondary N) is 1. The molecule has 0 saturated carbocycles. The maximum absolute atomic E-state index is 11.0. The molecule has 23 heavy (non-hydrogen) atoms. The van der Waals surface area contributed by atoms with Gasteiger partial charge in [0.25, 0.3) is 0 Å². The summed E-state index contributed by atoms with van der Waals surface area (Å²) in [5.41, 5.74) is 1.12. The number of imidazole rings is 1. The van der Waals surface area contributed by atoms with Crippen LogP contribution in [0, 0.1) is 10.1 Å². The minimum atomic E-state index is -0.453. The molecule has 0 aliphatic heterocycles. The Morgan fingerprint density at radius 1 is 1.09 bits per heavy atom. The summed E-state index contributed by atoms with van der Waals surface area (Å²) in [6, 6.07) is 13.0. The molecule has 0 amide bonds. The van der Waals surface area contributed by atoms with Gasteiger partial charge in [0.2, 0.25) is 5.82 Å². The Balaban J connectivity index is 1.73. The van der Waals surface area contributed by atoms with Crippen molar-refractivity contribution in [1.29, 1.82) is 0 Å². The van der Waals surface area contributed by atoms with Crippen LogP contribution in [-0.2, 0) is 13.1 Å². The molecule has 2 heterocycles. The van der Waals surface area contributed by atoms with Crippen molar-refractivity contribution in [3.63, 3.8) is 0 Å². The first-order chi connectivity index (χ1) is 11.2. The van der Waals surface area contributed by atoms with Crippen LogP contribution in [0.2, 0.25) is 0 Å². The van der Waals surface area contributed by atoms with E-state index >= 15 is 0 Å². The lowest BCUT2D eigenvalue weighted by Gasteiger charge is -2.09. The van der Waals surface area contributed by atoms with Gasteiger partial charge in [0, 0.05) is 31.2 Å². The summed E-state index contributed by atoms with van der Waals surface area (Å²) in [4.78, 5) is 18.9. The summed E-state index contributed by atoms with van der Waals surface area (Å²) in [5.74, 6) is 1.03. The first kappa shape index (κ1) is 14.7. The molecular formula is C16H15N5O2. The fourth-order valence-corrected chi connectivity index (χ4v) is 2.27. The number of benzene rings is 1. The minimum absolute atomic E-state index is 0.0475. The van der Waals surface area contributed by atoms with Crippen molar-refractivity contribution in [3.8, 4) is 0 Å². The van der Waals surface area contributed by atoms with Crippen molar-refractivity contribution in [2.45, 2.75) is 13.1 Å². The second-order valence-corrected chi connectivity index (χ2v) is 4.94. The van der Waals surface area contributed by atoms with Crippen LogP contribution >= 0.6 is 0 Å². The molecule has 2 aromatic heterocycles. The first-order valence-electron chi connectivity index (χ1n) is 7.11. The van der Waals surface area contributed by atoms with Crippen LogP contribution < -0.4 is 5.32 Å². The van der Waals surface area contributed by atoms with Gasteiger partial charge in [0.15, 0.2) is 0 Å². The second kappa shape index (κ2) is 6.69. The van der Waals surface area contributed by atoms with Gasteiger partial charge in [-0.05, 0) is 11.6 Å². The van der Waals surface area contributed by atoms with Crippen LogP contribution in [0.1, 0.15) is 11.4 Å². The van der Waals surface area contributed by atoms with E-state index < -0.39 is 4.92 Å². The van der Waals surface area contributed by atoms with E-state index in [-0.39, 0.29) is 11.5 Å². The highest BCUT2D eigenvalue weighted by Gasteiger charge is 2.14. The Labute approximate surface area is 132 Å². The molecule has 7 nitrogen and oxygen atoms in total. The van der Waals surface area contributed by atoms with E-state index in [1.54, 1.807) is 12.3 Å². The van der Waals surface area contributed by atoms with Gasteiger partial charge in [-0.1, -0.05) is 30.3 Å². The zero-order valence-electron chi connectivity index (χ0n) is 12.3.